The van der Waals surface area contributed by atoms with Gasteiger partial charge in [0.2, 0.25) is 5.91 Å². The molecule has 0 aliphatic heterocycles. The lowest BCUT2D eigenvalue weighted by molar-refractivity contribution is -0.126. The number of rotatable bonds is 5. The number of nitrogens with one attached hydrogen (secondary N) is 2. The molecule has 0 aliphatic rings. The van der Waals surface area contributed by atoms with Crippen LogP contribution >= 0.6 is 0 Å². The third-order valence-corrected chi connectivity index (χ3v) is 3.34. The number of likely N-dealkylation sites (N-methyl/N-ethyl adjacent to an activating group) is 1. The minimum absolute atomic E-state index is 0.00714. The number of carbonyl (C=O) groups is 1. The van der Waals surface area contributed by atoms with E-state index in [2.05, 4.69) is 15.6 Å². The van der Waals surface area contributed by atoms with Gasteiger partial charge in [-0.3, -0.25) is 9.78 Å². The van der Waals surface area contributed by atoms with Crippen molar-refractivity contribution in [2.75, 3.05) is 6.54 Å². The van der Waals surface area contributed by atoms with E-state index in [0.717, 1.165) is 23.0 Å². The molecule has 0 radical (unpaired) electrons. The predicted octanol–water partition coefficient (Wildman–Crippen LogP) is 2.24. The van der Waals surface area contributed by atoms with Crippen LogP contribution < -0.4 is 10.6 Å². The molecule has 106 valence electrons. The summed E-state index contributed by atoms with van der Waals surface area (Å²) < 4.78 is 0. The maximum atomic E-state index is 12.2. The fraction of sp³-hybridized carbons (Fsp3) is 0.375. The number of pyridine rings is 1. The summed E-state index contributed by atoms with van der Waals surface area (Å²) in [5, 5.41) is 7.23. The van der Waals surface area contributed by atoms with Gasteiger partial charge >= 0.3 is 0 Å². The smallest absolute Gasteiger partial charge is 0.239 e. The fourth-order valence-corrected chi connectivity index (χ4v) is 2.23. The second-order valence-corrected chi connectivity index (χ2v) is 5.33. The number of nitrogens with zero attached hydrogens (tertiary/aromatic N) is 1. The molecular formula is C16H21N3O. The molecule has 1 aromatic carbocycles. The Morgan fingerprint density at radius 2 is 2.00 bits per heavy atom. The van der Waals surface area contributed by atoms with Crippen molar-refractivity contribution < 1.29 is 4.79 Å². The third kappa shape index (κ3) is 3.14. The number of hydrogen-bond donors (Lipinski definition) is 2. The van der Waals surface area contributed by atoms with Crippen molar-refractivity contribution in [3.05, 3.63) is 42.1 Å². The second kappa shape index (κ2) is 6.01. The largest absolute Gasteiger partial charge is 0.350 e. The molecule has 4 heteroatoms. The minimum Gasteiger partial charge on any atom is -0.350 e. The van der Waals surface area contributed by atoms with Crippen molar-refractivity contribution in [3.8, 4) is 0 Å². The van der Waals surface area contributed by atoms with Crippen LogP contribution in [0.25, 0.3) is 10.9 Å². The van der Waals surface area contributed by atoms with Crippen molar-refractivity contribution >= 4 is 16.8 Å². The standard InChI is InChI=1S/C16H21N3O/c1-4-19-16(2,3)15(20)18-11-13-8-5-7-12-9-6-10-17-14(12)13/h5-10,19H,4,11H2,1-3H3,(H,18,20). The lowest BCUT2D eigenvalue weighted by Crippen LogP contribution is -2.52. The minimum atomic E-state index is -0.563. The van der Waals surface area contributed by atoms with Crippen molar-refractivity contribution in [2.24, 2.45) is 0 Å². The third-order valence-electron chi connectivity index (χ3n) is 3.34. The van der Waals surface area contributed by atoms with Gasteiger partial charge in [-0.2, -0.15) is 0 Å². The summed E-state index contributed by atoms with van der Waals surface area (Å²) in [5.74, 6) is -0.00714. The Morgan fingerprint density at radius 1 is 1.25 bits per heavy atom. The van der Waals surface area contributed by atoms with E-state index in [1.54, 1.807) is 6.20 Å². The van der Waals surface area contributed by atoms with Gasteiger partial charge in [0.1, 0.15) is 0 Å². The van der Waals surface area contributed by atoms with Gasteiger partial charge in [0, 0.05) is 18.1 Å². The molecule has 0 fully saturated rings. The molecule has 0 saturated carbocycles. The van der Waals surface area contributed by atoms with E-state index in [-0.39, 0.29) is 5.91 Å². The monoisotopic (exact) mass is 271 g/mol. The molecule has 0 atom stereocenters. The topological polar surface area (TPSA) is 54.0 Å². The van der Waals surface area contributed by atoms with E-state index in [1.165, 1.54) is 0 Å². The molecule has 1 amide bonds. The first kappa shape index (κ1) is 14.5. The highest BCUT2D eigenvalue weighted by molar-refractivity contribution is 5.86. The molecule has 1 heterocycles. The van der Waals surface area contributed by atoms with Crippen LogP contribution in [-0.4, -0.2) is 23.0 Å². The maximum Gasteiger partial charge on any atom is 0.239 e. The number of fused-ring (bicyclic) bond motifs is 1. The normalized spacial score (nSPS) is 11.6. The van der Waals surface area contributed by atoms with Crippen molar-refractivity contribution in [3.63, 3.8) is 0 Å². The zero-order chi connectivity index (χ0) is 14.6. The maximum absolute atomic E-state index is 12.2. The first-order valence-electron chi connectivity index (χ1n) is 6.90. The van der Waals surface area contributed by atoms with Crippen molar-refractivity contribution in [1.82, 2.24) is 15.6 Å². The number of aromatic nitrogens is 1. The van der Waals surface area contributed by atoms with E-state index in [1.807, 2.05) is 51.1 Å². The molecule has 1 aromatic heterocycles. The van der Waals surface area contributed by atoms with E-state index in [4.69, 9.17) is 0 Å². The lowest BCUT2D eigenvalue weighted by Gasteiger charge is -2.24. The Labute approximate surface area is 119 Å². The zero-order valence-corrected chi connectivity index (χ0v) is 12.2. The number of carbonyl (C=O) groups excluding carboxylic acids is 1. The highest BCUT2D eigenvalue weighted by Crippen LogP contribution is 2.15. The summed E-state index contributed by atoms with van der Waals surface area (Å²) in [7, 11) is 0. The molecule has 4 nitrogen and oxygen atoms in total. The Hall–Kier alpha value is -1.94. The number of hydrogen-bond acceptors (Lipinski definition) is 3. The van der Waals surface area contributed by atoms with Crippen LogP contribution in [0.2, 0.25) is 0 Å². The Bertz CT molecular complexity index is 602. The Balaban J connectivity index is 2.12. The summed E-state index contributed by atoms with van der Waals surface area (Å²) in [4.78, 5) is 16.6. The summed E-state index contributed by atoms with van der Waals surface area (Å²) in [5.41, 5.74) is 1.41. The van der Waals surface area contributed by atoms with Crippen LogP contribution in [0.5, 0.6) is 0 Å². The highest BCUT2D eigenvalue weighted by atomic mass is 16.2. The van der Waals surface area contributed by atoms with Crippen LogP contribution in [0.15, 0.2) is 36.5 Å². The van der Waals surface area contributed by atoms with Crippen LogP contribution in [0.3, 0.4) is 0 Å². The summed E-state index contributed by atoms with van der Waals surface area (Å²) >= 11 is 0. The summed E-state index contributed by atoms with van der Waals surface area (Å²) in [6.07, 6.45) is 1.77. The van der Waals surface area contributed by atoms with E-state index in [9.17, 15) is 4.79 Å². The van der Waals surface area contributed by atoms with Gasteiger partial charge in [-0.25, -0.2) is 0 Å². The summed E-state index contributed by atoms with van der Waals surface area (Å²) in [6.45, 7) is 7.00. The van der Waals surface area contributed by atoms with Gasteiger partial charge in [0.05, 0.1) is 11.1 Å². The SMILES string of the molecule is CCNC(C)(C)C(=O)NCc1cccc2cccnc12. The van der Waals surface area contributed by atoms with Gasteiger partial charge in [0.25, 0.3) is 0 Å². The van der Waals surface area contributed by atoms with Gasteiger partial charge in [-0.1, -0.05) is 31.2 Å². The molecular weight excluding hydrogens is 250 g/mol. The fourth-order valence-electron chi connectivity index (χ4n) is 2.23. The van der Waals surface area contributed by atoms with E-state index < -0.39 is 5.54 Å². The van der Waals surface area contributed by atoms with Gasteiger partial charge in [0.15, 0.2) is 0 Å². The first-order chi connectivity index (χ1) is 9.54. The van der Waals surface area contributed by atoms with E-state index >= 15 is 0 Å². The lowest BCUT2D eigenvalue weighted by atomic mass is 10.0. The molecule has 0 bridgehead atoms. The number of benzene rings is 1. The van der Waals surface area contributed by atoms with Gasteiger partial charge in [-0.05, 0) is 32.0 Å². The molecule has 2 N–H and O–H groups in total. The molecule has 0 aliphatic carbocycles. The second-order valence-electron chi connectivity index (χ2n) is 5.33. The van der Waals surface area contributed by atoms with Crippen LogP contribution in [-0.2, 0) is 11.3 Å². The predicted molar refractivity (Wildman–Crippen MR) is 81.3 cm³/mol. The zero-order valence-electron chi connectivity index (χ0n) is 12.2. The van der Waals surface area contributed by atoms with Crippen molar-refractivity contribution in [2.45, 2.75) is 32.9 Å². The van der Waals surface area contributed by atoms with Gasteiger partial charge < -0.3 is 10.6 Å². The molecule has 2 aromatic rings. The molecule has 0 saturated heterocycles. The Kier molecular flexibility index (Phi) is 4.35. The number of amides is 1. The van der Waals surface area contributed by atoms with Crippen LogP contribution in [0, 0.1) is 0 Å². The van der Waals surface area contributed by atoms with Gasteiger partial charge in [-0.15, -0.1) is 0 Å². The summed E-state index contributed by atoms with van der Waals surface area (Å²) in [6, 6.07) is 9.95. The average molecular weight is 271 g/mol. The Morgan fingerprint density at radius 3 is 2.75 bits per heavy atom. The van der Waals surface area contributed by atoms with Crippen LogP contribution in [0.4, 0.5) is 0 Å². The first-order valence-corrected chi connectivity index (χ1v) is 6.90. The molecule has 2 rings (SSSR count). The molecule has 20 heavy (non-hydrogen) atoms. The average Bonchev–Trinajstić information content (AvgIpc) is 2.44. The van der Waals surface area contributed by atoms with Crippen molar-refractivity contribution in [1.29, 1.82) is 0 Å². The quantitative estimate of drug-likeness (QED) is 0.877. The number of para-hydroxylation sites is 1. The highest BCUT2D eigenvalue weighted by Gasteiger charge is 2.25. The molecule has 0 unspecified atom stereocenters. The van der Waals surface area contributed by atoms with Crippen LogP contribution in [0.1, 0.15) is 26.3 Å². The van der Waals surface area contributed by atoms with E-state index in [0.29, 0.717) is 6.54 Å². The molecule has 0 spiro atoms.